The summed E-state index contributed by atoms with van der Waals surface area (Å²) in [6.45, 7) is 6.89. The predicted octanol–water partition coefficient (Wildman–Crippen LogP) is 5.34. The van der Waals surface area contributed by atoms with Crippen LogP contribution in [0.3, 0.4) is 0 Å². The molecule has 5 nitrogen and oxygen atoms in total. The lowest BCUT2D eigenvalue weighted by Crippen LogP contribution is -2.24. The standard InChI is InChI=1S/C26H27N3O2/c1-4-5-12-27-25(30)18-9-11-22-21(15-18)23(19-10-8-16(2)14-17(19)3)24(29-22)20-7-6-13-28-26(20)31/h6-11,13-15,29H,4-5,12H2,1-3H3,(H,27,30)(H,28,31). The van der Waals surface area contributed by atoms with Gasteiger partial charge in [-0.1, -0.05) is 37.1 Å². The summed E-state index contributed by atoms with van der Waals surface area (Å²) in [7, 11) is 0. The number of unbranched alkanes of at least 4 members (excludes halogenated alkanes) is 1. The monoisotopic (exact) mass is 413 g/mol. The topological polar surface area (TPSA) is 77.8 Å². The van der Waals surface area contributed by atoms with E-state index in [1.807, 2.05) is 30.3 Å². The van der Waals surface area contributed by atoms with Crippen LogP contribution in [0, 0.1) is 13.8 Å². The van der Waals surface area contributed by atoms with E-state index < -0.39 is 0 Å². The van der Waals surface area contributed by atoms with Gasteiger partial charge in [-0.05, 0) is 61.7 Å². The van der Waals surface area contributed by atoms with Gasteiger partial charge >= 0.3 is 0 Å². The Hall–Kier alpha value is -3.60. The number of aromatic amines is 2. The Kier molecular flexibility index (Phi) is 5.76. The minimum atomic E-state index is -0.155. The fourth-order valence-electron chi connectivity index (χ4n) is 4.01. The molecule has 0 atom stereocenters. The fourth-order valence-corrected chi connectivity index (χ4v) is 4.01. The first-order valence-electron chi connectivity index (χ1n) is 10.7. The zero-order chi connectivity index (χ0) is 22.0. The highest BCUT2D eigenvalue weighted by Gasteiger charge is 2.19. The molecule has 0 radical (unpaired) electrons. The second-order valence-corrected chi connectivity index (χ2v) is 7.98. The number of aryl methyl sites for hydroxylation is 2. The third kappa shape index (κ3) is 4.04. The van der Waals surface area contributed by atoms with Gasteiger partial charge < -0.3 is 15.3 Å². The second-order valence-electron chi connectivity index (χ2n) is 7.98. The van der Waals surface area contributed by atoms with Crippen LogP contribution in [0.2, 0.25) is 0 Å². The molecule has 0 unspecified atom stereocenters. The number of hydrogen-bond donors (Lipinski definition) is 3. The smallest absolute Gasteiger partial charge is 0.257 e. The number of aromatic nitrogens is 2. The number of fused-ring (bicyclic) bond motifs is 1. The van der Waals surface area contributed by atoms with Gasteiger partial charge in [-0.25, -0.2) is 0 Å². The molecule has 0 fully saturated rings. The van der Waals surface area contributed by atoms with E-state index in [-0.39, 0.29) is 11.5 Å². The van der Waals surface area contributed by atoms with Crippen molar-refractivity contribution in [2.75, 3.05) is 6.54 Å². The average Bonchev–Trinajstić information content (AvgIpc) is 3.12. The molecule has 0 spiro atoms. The van der Waals surface area contributed by atoms with Crippen LogP contribution in [0.25, 0.3) is 33.3 Å². The Labute approximate surface area is 181 Å². The van der Waals surface area contributed by atoms with E-state index in [4.69, 9.17) is 0 Å². The van der Waals surface area contributed by atoms with E-state index in [0.717, 1.165) is 46.1 Å². The summed E-state index contributed by atoms with van der Waals surface area (Å²) in [4.78, 5) is 31.5. The lowest BCUT2D eigenvalue weighted by molar-refractivity contribution is 0.0953. The first-order valence-corrected chi connectivity index (χ1v) is 10.7. The predicted molar refractivity (Wildman–Crippen MR) is 127 cm³/mol. The van der Waals surface area contributed by atoms with Gasteiger partial charge in [0.2, 0.25) is 0 Å². The SMILES string of the molecule is CCCCNC(=O)c1ccc2[nH]c(-c3ccc[nH]c3=O)c(-c3ccc(C)cc3C)c2c1. The molecule has 1 amide bonds. The summed E-state index contributed by atoms with van der Waals surface area (Å²) < 4.78 is 0. The maximum atomic E-state index is 12.7. The van der Waals surface area contributed by atoms with Crippen molar-refractivity contribution in [3.63, 3.8) is 0 Å². The number of carbonyl (C=O) groups excluding carboxylic acids is 1. The summed E-state index contributed by atoms with van der Waals surface area (Å²) in [5.41, 5.74) is 6.95. The van der Waals surface area contributed by atoms with Crippen LogP contribution < -0.4 is 10.9 Å². The summed E-state index contributed by atoms with van der Waals surface area (Å²) >= 11 is 0. The highest BCUT2D eigenvalue weighted by Crippen LogP contribution is 2.39. The van der Waals surface area contributed by atoms with Crippen LogP contribution >= 0.6 is 0 Å². The normalized spacial score (nSPS) is 11.1. The van der Waals surface area contributed by atoms with E-state index in [2.05, 4.69) is 54.3 Å². The number of benzene rings is 2. The van der Waals surface area contributed by atoms with Crippen LogP contribution in [0.15, 0.2) is 59.5 Å². The van der Waals surface area contributed by atoms with Gasteiger partial charge in [0.25, 0.3) is 11.5 Å². The van der Waals surface area contributed by atoms with Crippen molar-refractivity contribution in [2.45, 2.75) is 33.6 Å². The van der Waals surface area contributed by atoms with Crippen LogP contribution in [0.5, 0.6) is 0 Å². The zero-order valence-electron chi connectivity index (χ0n) is 18.1. The maximum Gasteiger partial charge on any atom is 0.257 e. The molecule has 2 aromatic carbocycles. The third-order valence-corrected chi connectivity index (χ3v) is 5.62. The molecule has 2 aromatic heterocycles. The molecule has 3 N–H and O–H groups in total. The van der Waals surface area contributed by atoms with Crippen LogP contribution in [-0.4, -0.2) is 22.4 Å². The number of H-pyrrole nitrogens is 2. The van der Waals surface area contributed by atoms with Gasteiger partial charge in [0.15, 0.2) is 0 Å². The first kappa shape index (κ1) is 20.7. The minimum Gasteiger partial charge on any atom is -0.354 e. The van der Waals surface area contributed by atoms with Gasteiger partial charge in [0, 0.05) is 34.8 Å². The highest BCUT2D eigenvalue weighted by molar-refractivity contribution is 6.07. The molecule has 0 saturated heterocycles. The number of nitrogens with one attached hydrogen (secondary N) is 3. The van der Waals surface area contributed by atoms with Crippen molar-refractivity contribution in [2.24, 2.45) is 0 Å². The van der Waals surface area contributed by atoms with Crippen LogP contribution in [0.4, 0.5) is 0 Å². The Bertz CT molecular complexity index is 1310. The second kappa shape index (κ2) is 8.64. The van der Waals surface area contributed by atoms with Gasteiger partial charge in [-0.3, -0.25) is 9.59 Å². The number of pyridine rings is 1. The number of amides is 1. The van der Waals surface area contributed by atoms with E-state index in [9.17, 15) is 9.59 Å². The van der Waals surface area contributed by atoms with E-state index >= 15 is 0 Å². The Morgan fingerprint density at radius 1 is 1.03 bits per heavy atom. The van der Waals surface area contributed by atoms with E-state index in [0.29, 0.717) is 17.7 Å². The van der Waals surface area contributed by atoms with Crippen LogP contribution in [-0.2, 0) is 0 Å². The molecular formula is C26H27N3O2. The quantitative estimate of drug-likeness (QED) is 0.373. The zero-order valence-corrected chi connectivity index (χ0v) is 18.1. The van der Waals surface area contributed by atoms with Crippen LogP contribution in [0.1, 0.15) is 41.3 Å². The molecule has 2 heterocycles. The minimum absolute atomic E-state index is 0.0813. The molecule has 0 saturated carbocycles. The molecule has 5 heteroatoms. The molecule has 0 bridgehead atoms. The summed E-state index contributed by atoms with van der Waals surface area (Å²) in [6, 6.07) is 15.6. The van der Waals surface area contributed by atoms with Gasteiger partial charge in [0.05, 0.1) is 11.3 Å². The molecule has 4 rings (SSSR count). The fraction of sp³-hybridized carbons (Fsp3) is 0.231. The highest BCUT2D eigenvalue weighted by atomic mass is 16.1. The molecule has 31 heavy (non-hydrogen) atoms. The van der Waals surface area contributed by atoms with Crippen molar-refractivity contribution in [3.05, 3.63) is 81.8 Å². The Morgan fingerprint density at radius 3 is 2.61 bits per heavy atom. The molecule has 158 valence electrons. The van der Waals surface area contributed by atoms with E-state index in [1.54, 1.807) is 6.20 Å². The largest absolute Gasteiger partial charge is 0.354 e. The Balaban J connectivity index is 1.94. The number of rotatable bonds is 6. The summed E-state index contributed by atoms with van der Waals surface area (Å²) in [6.07, 6.45) is 3.61. The maximum absolute atomic E-state index is 12.7. The summed E-state index contributed by atoms with van der Waals surface area (Å²) in [5.74, 6) is -0.0813. The van der Waals surface area contributed by atoms with Crippen molar-refractivity contribution in [1.29, 1.82) is 0 Å². The molecule has 0 aliphatic carbocycles. The first-order chi connectivity index (χ1) is 15.0. The molecule has 0 aliphatic heterocycles. The number of hydrogen-bond acceptors (Lipinski definition) is 2. The lowest BCUT2D eigenvalue weighted by atomic mass is 9.94. The van der Waals surface area contributed by atoms with Gasteiger partial charge in [-0.2, -0.15) is 0 Å². The van der Waals surface area contributed by atoms with Gasteiger partial charge in [0.1, 0.15) is 0 Å². The Morgan fingerprint density at radius 2 is 1.87 bits per heavy atom. The summed E-state index contributed by atoms with van der Waals surface area (Å²) in [5, 5.41) is 3.91. The van der Waals surface area contributed by atoms with E-state index in [1.165, 1.54) is 5.56 Å². The average molecular weight is 414 g/mol. The number of carbonyl (C=O) groups is 1. The van der Waals surface area contributed by atoms with Crippen molar-refractivity contribution < 1.29 is 4.79 Å². The third-order valence-electron chi connectivity index (χ3n) is 5.62. The molecule has 0 aliphatic rings. The molecular weight excluding hydrogens is 386 g/mol. The van der Waals surface area contributed by atoms with Crippen molar-refractivity contribution >= 4 is 16.8 Å². The van der Waals surface area contributed by atoms with Gasteiger partial charge in [-0.15, -0.1) is 0 Å². The lowest BCUT2D eigenvalue weighted by Gasteiger charge is -2.10. The van der Waals surface area contributed by atoms with Crippen molar-refractivity contribution in [3.8, 4) is 22.4 Å². The molecule has 4 aromatic rings. The van der Waals surface area contributed by atoms with Crippen molar-refractivity contribution in [1.82, 2.24) is 15.3 Å².